The van der Waals surface area contributed by atoms with Crippen LogP contribution < -0.4 is 0 Å². The van der Waals surface area contributed by atoms with Crippen molar-refractivity contribution < 1.29 is 9.90 Å². The predicted octanol–water partition coefficient (Wildman–Crippen LogP) is 3.36. The van der Waals surface area contributed by atoms with E-state index in [1.54, 1.807) is 0 Å². The summed E-state index contributed by atoms with van der Waals surface area (Å²) in [6.45, 7) is 4.11. The van der Waals surface area contributed by atoms with Gasteiger partial charge in [-0.2, -0.15) is 0 Å². The van der Waals surface area contributed by atoms with E-state index in [0.29, 0.717) is 0 Å². The predicted molar refractivity (Wildman–Crippen MR) is 71.4 cm³/mol. The molecule has 0 aliphatic heterocycles. The molecule has 2 heteroatoms. The summed E-state index contributed by atoms with van der Waals surface area (Å²) in [6.07, 6.45) is 0.0525. The second kappa shape index (κ2) is 3.84. The minimum absolute atomic E-state index is 0.0525. The number of hydrogen-bond acceptors (Lipinski definition) is 1. The Morgan fingerprint density at radius 2 is 1.67 bits per heavy atom. The molecule has 1 aliphatic carbocycles. The highest BCUT2D eigenvalue weighted by Crippen LogP contribution is 2.43. The van der Waals surface area contributed by atoms with E-state index in [0.717, 1.165) is 27.8 Å². The van der Waals surface area contributed by atoms with Gasteiger partial charge in [0.2, 0.25) is 0 Å². The van der Waals surface area contributed by atoms with Gasteiger partial charge < -0.3 is 5.11 Å². The van der Waals surface area contributed by atoms with Gasteiger partial charge in [0.1, 0.15) is 0 Å². The standard InChI is InChI=1S/C16H12O2/c1-10-12-4-2-3-5-13(12)14-7-6-11(8-15(10)14)9-16(17)18/h2-8H,1,9H2,(H,17,18). The van der Waals surface area contributed by atoms with E-state index < -0.39 is 5.97 Å². The average molecular weight is 236 g/mol. The van der Waals surface area contributed by atoms with Crippen molar-refractivity contribution in [2.45, 2.75) is 6.42 Å². The van der Waals surface area contributed by atoms with Gasteiger partial charge in [-0.3, -0.25) is 4.79 Å². The molecule has 88 valence electrons. The van der Waals surface area contributed by atoms with Crippen LogP contribution in [0.3, 0.4) is 0 Å². The van der Waals surface area contributed by atoms with Crippen molar-refractivity contribution in [3.05, 3.63) is 65.7 Å². The van der Waals surface area contributed by atoms with Crippen LogP contribution in [0.2, 0.25) is 0 Å². The molecule has 2 aromatic carbocycles. The Morgan fingerprint density at radius 3 is 2.39 bits per heavy atom. The molecule has 0 bridgehead atoms. The normalized spacial score (nSPS) is 12.1. The van der Waals surface area contributed by atoms with Gasteiger partial charge in [-0.05, 0) is 39.5 Å². The highest BCUT2D eigenvalue weighted by molar-refractivity contribution is 6.00. The maximum Gasteiger partial charge on any atom is 0.307 e. The number of carboxylic acids is 1. The van der Waals surface area contributed by atoms with E-state index in [1.807, 2.05) is 30.3 Å². The number of fused-ring (bicyclic) bond motifs is 3. The monoisotopic (exact) mass is 236 g/mol. The lowest BCUT2D eigenvalue weighted by Gasteiger charge is -2.03. The lowest BCUT2D eigenvalue weighted by atomic mass is 10.0. The number of rotatable bonds is 2. The number of benzene rings is 2. The van der Waals surface area contributed by atoms with Crippen LogP contribution in [0, 0.1) is 0 Å². The number of aliphatic carboxylic acids is 1. The van der Waals surface area contributed by atoms with E-state index >= 15 is 0 Å². The first-order chi connectivity index (χ1) is 8.66. The van der Waals surface area contributed by atoms with Crippen molar-refractivity contribution >= 4 is 11.5 Å². The molecular weight excluding hydrogens is 224 g/mol. The Balaban J connectivity index is 2.14. The van der Waals surface area contributed by atoms with E-state index in [4.69, 9.17) is 5.11 Å². The Hall–Kier alpha value is -2.35. The van der Waals surface area contributed by atoms with Gasteiger partial charge in [0.15, 0.2) is 0 Å². The first-order valence-electron chi connectivity index (χ1n) is 5.80. The molecule has 1 aliphatic rings. The fourth-order valence-corrected chi connectivity index (χ4v) is 2.49. The van der Waals surface area contributed by atoms with Gasteiger partial charge in [-0.25, -0.2) is 0 Å². The Morgan fingerprint density at radius 1 is 1.00 bits per heavy atom. The first-order valence-corrected chi connectivity index (χ1v) is 5.80. The second-order valence-corrected chi connectivity index (χ2v) is 4.47. The molecule has 0 amide bonds. The van der Waals surface area contributed by atoms with Crippen molar-refractivity contribution in [3.8, 4) is 11.1 Å². The smallest absolute Gasteiger partial charge is 0.307 e. The molecule has 0 heterocycles. The number of carbonyl (C=O) groups is 1. The summed E-state index contributed by atoms with van der Waals surface area (Å²) in [5.74, 6) is -0.809. The largest absolute Gasteiger partial charge is 0.481 e. The van der Waals surface area contributed by atoms with Crippen LogP contribution in [0.5, 0.6) is 0 Å². The van der Waals surface area contributed by atoms with Crippen LogP contribution >= 0.6 is 0 Å². The topological polar surface area (TPSA) is 37.3 Å². The molecule has 0 saturated carbocycles. The number of carboxylic acid groups (broad SMARTS) is 1. The SMILES string of the molecule is C=C1c2ccccc2-c2ccc(CC(=O)O)cc21. The fourth-order valence-electron chi connectivity index (χ4n) is 2.49. The Labute approximate surface area is 105 Å². The van der Waals surface area contributed by atoms with E-state index in [-0.39, 0.29) is 6.42 Å². The third-order valence-corrected chi connectivity index (χ3v) is 3.31. The number of hydrogen-bond donors (Lipinski definition) is 1. The lowest BCUT2D eigenvalue weighted by molar-refractivity contribution is -0.136. The summed E-state index contributed by atoms with van der Waals surface area (Å²) in [5, 5.41) is 8.83. The third-order valence-electron chi connectivity index (χ3n) is 3.31. The van der Waals surface area contributed by atoms with Gasteiger partial charge >= 0.3 is 5.97 Å². The van der Waals surface area contributed by atoms with Gasteiger partial charge in [-0.1, -0.05) is 43.0 Å². The molecule has 0 spiro atoms. The van der Waals surface area contributed by atoms with Crippen molar-refractivity contribution in [3.63, 3.8) is 0 Å². The molecule has 0 atom stereocenters. The van der Waals surface area contributed by atoms with Gasteiger partial charge in [-0.15, -0.1) is 0 Å². The summed E-state index contributed by atoms with van der Waals surface area (Å²) < 4.78 is 0. The molecule has 2 nitrogen and oxygen atoms in total. The van der Waals surface area contributed by atoms with Crippen LogP contribution in [0.25, 0.3) is 16.7 Å². The van der Waals surface area contributed by atoms with E-state index in [1.165, 1.54) is 5.56 Å². The van der Waals surface area contributed by atoms with Crippen molar-refractivity contribution in [2.75, 3.05) is 0 Å². The van der Waals surface area contributed by atoms with E-state index in [9.17, 15) is 4.79 Å². The Kier molecular flexibility index (Phi) is 2.30. The molecule has 3 rings (SSSR count). The van der Waals surface area contributed by atoms with Crippen LogP contribution in [0.1, 0.15) is 16.7 Å². The summed E-state index contributed by atoms with van der Waals surface area (Å²) in [6, 6.07) is 13.9. The van der Waals surface area contributed by atoms with Gasteiger partial charge in [0.05, 0.1) is 6.42 Å². The zero-order valence-electron chi connectivity index (χ0n) is 9.81. The molecule has 0 aromatic heterocycles. The quantitative estimate of drug-likeness (QED) is 0.740. The molecule has 0 radical (unpaired) electrons. The van der Waals surface area contributed by atoms with Crippen LogP contribution in [-0.4, -0.2) is 11.1 Å². The second-order valence-electron chi connectivity index (χ2n) is 4.47. The van der Waals surface area contributed by atoms with E-state index in [2.05, 4.69) is 18.7 Å². The summed E-state index contributed by atoms with van der Waals surface area (Å²) >= 11 is 0. The highest BCUT2D eigenvalue weighted by atomic mass is 16.4. The summed E-state index contributed by atoms with van der Waals surface area (Å²) in [7, 11) is 0. The minimum Gasteiger partial charge on any atom is -0.481 e. The van der Waals surface area contributed by atoms with Crippen molar-refractivity contribution in [1.82, 2.24) is 0 Å². The fraction of sp³-hybridized carbons (Fsp3) is 0.0625. The maximum atomic E-state index is 10.7. The van der Waals surface area contributed by atoms with Crippen LogP contribution in [-0.2, 0) is 11.2 Å². The van der Waals surface area contributed by atoms with Gasteiger partial charge in [0, 0.05) is 0 Å². The summed E-state index contributed by atoms with van der Waals surface area (Å²) in [4.78, 5) is 10.7. The van der Waals surface area contributed by atoms with Crippen molar-refractivity contribution in [1.29, 1.82) is 0 Å². The molecule has 0 fully saturated rings. The molecular formula is C16H12O2. The van der Waals surface area contributed by atoms with Crippen LogP contribution in [0.4, 0.5) is 0 Å². The zero-order valence-corrected chi connectivity index (χ0v) is 9.81. The van der Waals surface area contributed by atoms with Crippen molar-refractivity contribution in [2.24, 2.45) is 0 Å². The molecule has 18 heavy (non-hydrogen) atoms. The lowest BCUT2D eigenvalue weighted by Crippen LogP contribution is -2.00. The molecule has 0 unspecified atom stereocenters. The molecule has 0 saturated heterocycles. The summed E-state index contributed by atoms with van der Waals surface area (Å²) in [5.41, 5.74) is 6.31. The zero-order chi connectivity index (χ0) is 12.7. The van der Waals surface area contributed by atoms with Crippen LogP contribution in [0.15, 0.2) is 49.0 Å². The molecule has 1 N–H and O–H groups in total. The minimum atomic E-state index is -0.809. The first kappa shape index (κ1) is 10.8. The third kappa shape index (κ3) is 1.54. The average Bonchev–Trinajstić information content (AvgIpc) is 2.63. The molecule has 2 aromatic rings. The Bertz CT molecular complexity index is 669. The van der Waals surface area contributed by atoms with Gasteiger partial charge in [0.25, 0.3) is 0 Å². The highest BCUT2D eigenvalue weighted by Gasteiger charge is 2.21. The maximum absolute atomic E-state index is 10.7.